The Labute approximate surface area is 165 Å². The van der Waals surface area contributed by atoms with E-state index in [4.69, 9.17) is 4.74 Å². The molecule has 9 nitrogen and oxygen atoms in total. The van der Waals surface area contributed by atoms with Crippen LogP contribution < -0.4 is 15.6 Å². The van der Waals surface area contributed by atoms with E-state index in [1.54, 1.807) is 19.2 Å². The first-order chi connectivity index (χ1) is 14.0. The number of rotatable bonds is 7. The molecule has 0 bridgehead atoms. The summed E-state index contributed by atoms with van der Waals surface area (Å²) in [7, 11) is 1.56. The number of hydrogen-bond donors (Lipinski definition) is 1. The van der Waals surface area contributed by atoms with Crippen molar-refractivity contribution in [1.82, 2.24) is 15.1 Å². The first-order valence-corrected chi connectivity index (χ1v) is 8.69. The van der Waals surface area contributed by atoms with E-state index in [0.717, 1.165) is 10.2 Å². The van der Waals surface area contributed by atoms with Gasteiger partial charge in [0.1, 0.15) is 12.3 Å². The fourth-order valence-corrected chi connectivity index (χ4v) is 2.65. The van der Waals surface area contributed by atoms with Crippen LogP contribution in [0, 0.1) is 10.1 Å². The number of amides is 1. The van der Waals surface area contributed by atoms with E-state index in [1.165, 1.54) is 36.4 Å². The second-order valence-electron chi connectivity index (χ2n) is 6.15. The molecule has 0 radical (unpaired) electrons. The summed E-state index contributed by atoms with van der Waals surface area (Å²) < 4.78 is 6.20. The number of carbonyl (C=O) groups excluding carboxylic acids is 1. The van der Waals surface area contributed by atoms with E-state index in [0.29, 0.717) is 17.0 Å². The first-order valence-electron chi connectivity index (χ1n) is 8.69. The average Bonchev–Trinajstić information content (AvgIpc) is 2.74. The smallest absolute Gasteiger partial charge is 0.269 e. The van der Waals surface area contributed by atoms with Crippen molar-refractivity contribution < 1.29 is 14.5 Å². The molecule has 29 heavy (non-hydrogen) atoms. The number of nitro groups is 1. The molecule has 0 atom stereocenters. The van der Waals surface area contributed by atoms with E-state index < -0.39 is 10.5 Å². The predicted octanol–water partition coefficient (Wildman–Crippen LogP) is 2.14. The summed E-state index contributed by atoms with van der Waals surface area (Å²) in [5, 5.41) is 17.7. The van der Waals surface area contributed by atoms with E-state index >= 15 is 0 Å². The van der Waals surface area contributed by atoms with Crippen LogP contribution in [0.15, 0.2) is 65.5 Å². The SMILES string of the molecule is COc1cccc(CNC(=O)Cn2nc(-c3ccc([N+](=O)[O-])cc3)ccc2=O)c1. The standard InChI is InChI=1S/C20H18N4O5/c1-29-17-4-2-3-14(11-17)12-21-19(25)13-23-20(26)10-9-18(22-23)15-5-7-16(8-6-15)24(27)28/h2-11H,12-13H2,1H3,(H,21,25). The molecule has 3 aromatic rings. The van der Waals surface area contributed by atoms with Gasteiger partial charge in [0, 0.05) is 30.3 Å². The summed E-state index contributed by atoms with van der Waals surface area (Å²) in [6.07, 6.45) is 0. The Morgan fingerprint density at radius 2 is 1.93 bits per heavy atom. The van der Waals surface area contributed by atoms with Gasteiger partial charge in [0.25, 0.3) is 11.2 Å². The van der Waals surface area contributed by atoms with E-state index in [9.17, 15) is 19.7 Å². The van der Waals surface area contributed by atoms with Gasteiger partial charge < -0.3 is 10.1 Å². The molecule has 0 unspecified atom stereocenters. The lowest BCUT2D eigenvalue weighted by Crippen LogP contribution is -2.33. The number of nitrogens with zero attached hydrogens (tertiary/aromatic N) is 3. The third-order valence-electron chi connectivity index (χ3n) is 4.16. The number of methoxy groups -OCH3 is 1. The van der Waals surface area contributed by atoms with Crippen molar-refractivity contribution in [3.05, 3.63) is 86.7 Å². The maximum absolute atomic E-state index is 12.2. The Balaban J connectivity index is 1.70. The van der Waals surface area contributed by atoms with Gasteiger partial charge in [-0.25, -0.2) is 4.68 Å². The van der Waals surface area contributed by atoms with Crippen molar-refractivity contribution in [2.75, 3.05) is 7.11 Å². The lowest BCUT2D eigenvalue weighted by atomic mass is 10.1. The summed E-state index contributed by atoms with van der Waals surface area (Å²) in [5.41, 5.74) is 1.42. The molecule has 0 aliphatic carbocycles. The minimum absolute atomic E-state index is 0.0426. The molecule has 1 heterocycles. The molecule has 148 valence electrons. The topological polar surface area (TPSA) is 116 Å². The number of non-ortho nitro benzene ring substituents is 1. The second-order valence-corrected chi connectivity index (χ2v) is 6.15. The average molecular weight is 394 g/mol. The zero-order valence-electron chi connectivity index (χ0n) is 15.6. The number of hydrogen-bond acceptors (Lipinski definition) is 6. The molecule has 0 saturated heterocycles. The Hall–Kier alpha value is -4.01. The van der Waals surface area contributed by atoms with Crippen molar-refractivity contribution >= 4 is 11.6 Å². The highest BCUT2D eigenvalue weighted by Crippen LogP contribution is 2.19. The van der Waals surface area contributed by atoms with E-state index in [-0.39, 0.29) is 24.7 Å². The van der Waals surface area contributed by atoms with Crippen molar-refractivity contribution in [2.45, 2.75) is 13.1 Å². The van der Waals surface area contributed by atoms with E-state index in [2.05, 4.69) is 10.4 Å². The highest BCUT2D eigenvalue weighted by Gasteiger charge is 2.10. The maximum Gasteiger partial charge on any atom is 0.269 e. The normalized spacial score (nSPS) is 10.4. The van der Waals surface area contributed by atoms with Gasteiger partial charge in [-0.15, -0.1) is 0 Å². The van der Waals surface area contributed by atoms with Crippen molar-refractivity contribution in [1.29, 1.82) is 0 Å². The molecule has 2 aromatic carbocycles. The fourth-order valence-electron chi connectivity index (χ4n) is 2.65. The zero-order valence-corrected chi connectivity index (χ0v) is 15.6. The van der Waals surface area contributed by atoms with Crippen LogP contribution in [-0.2, 0) is 17.9 Å². The van der Waals surface area contributed by atoms with Crippen LogP contribution in [-0.4, -0.2) is 27.7 Å². The Kier molecular flexibility index (Phi) is 5.98. The number of ether oxygens (including phenoxy) is 1. The van der Waals surface area contributed by atoms with Gasteiger partial charge >= 0.3 is 0 Å². The van der Waals surface area contributed by atoms with Gasteiger partial charge in [-0.3, -0.25) is 19.7 Å². The molecule has 1 aromatic heterocycles. The molecule has 0 aliphatic heterocycles. The van der Waals surface area contributed by atoms with Crippen LogP contribution in [0.3, 0.4) is 0 Å². The molecule has 0 fully saturated rings. The molecule has 0 spiro atoms. The third-order valence-corrected chi connectivity index (χ3v) is 4.16. The monoisotopic (exact) mass is 394 g/mol. The summed E-state index contributed by atoms with van der Waals surface area (Å²) in [5.74, 6) is 0.314. The van der Waals surface area contributed by atoms with Crippen molar-refractivity contribution in [2.24, 2.45) is 0 Å². The van der Waals surface area contributed by atoms with Crippen LogP contribution in [0.5, 0.6) is 5.75 Å². The van der Waals surface area contributed by atoms with Crippen LogP contribution in [0.1, 0.15) is 5.56 Å². The highest BCUT2D eigenvalue weighted by molar-refractivity contribution is 5.75. The summed E-state index contributed by atoms with van der Waals surface area (Å²) in [6.45, 7) is 0.0381. The molecule has 1 amide bonds. The number of carbonyl (C=O) groups is 1. The third kappa shape index (κ3) is 5.04. The largest absolute Gasteiger partial charge is 0.497 e. The van der Waals surface area contributed by atoms with Crippen molar-refractivity contribution in [3.63, 3.8) is 0 Å². The summed E-state index contributed by atoms with van der Waals surface area (Å²) in [4.78, 5) is 34.6. The lowest BCUT2D eigenvalue weighted by molar-refractivity contribution is -0.384. The molecule has 0 saturated carbocycles. The number of aromatic nitrogens is 2. The Bertz CT molecular complexity index is 1090. The molecule has 3 rings (SSSR count). The van der Waals surface area contributed by atoms with Crippen LogP contribution in [0.25, 0.3) is 11.3 Å². The fraction of sp³-hybridized carbons (Fsp3) is 0.150. The molecule has 0 aliphatic rings. The zero-order chi connectivity index (χ0) is 20.8. The number of nitrogens with one attached hydrogen (secondary N) is 1. The Morgan fingerprint density at radius 3 is 2.62 bits per heavy atom. The van der Waals surface area contributed by atoms with Gasteiger partial charge in [0.15, 0.2) is 0 Å². The lowest BCUT2D eigenvalue weighted by Gasteiger charge is -2.09. The van der Waals surface area contributed by atoms with Crippen LogP contribution in [0.4, 0.5) is 5.69 Å². The molecule has 1 N–H and O–H groups in total. The number of nitro benzene ring substituents is 1. The van der Waals surface area contributed by atoms with E-state index in [1.807, 2.05) is 12.1 Å². The minimum atomic E-state index is -0.495. The van der Waals surface area contributed by atoms with Crippen LogP contribution in [0.2, 0.25) is 0 Å². The molecular formula is C20H18N4O5. The summed E-state index contributed by atoms with van der Waals surface area (Å²) in [6, 6.07) is 15.9. The van der Waals surface area contributed by atoms with Crippen LogP contribution >= 0.6 is 0 Å². The number of benzene rings is 2. The Morgan fingerprint density at radius 1 is 1.17 bits per heavy atom. The van der Waals surface area contributed by atoms with Gasteiger partial charge in [-0.2, -0.15) is 5.10 Å². The van der Waals surface area contributed by atoms with Crippen molar-refractivity contribution in [3.8, 4) is 17.0 Å². The predicted molar refractivity (Wildman–Crippen MR) is 105 cm³/mol. The first kappa shape index (κ1) is 19.7. The van der Waals surface area contributed by atoms with Gasteiger partial charge in [-0.1, -0.05) is 12.1 Å². The maximum atomic E-state index is 12.2. The van der Waals surface area contributed by atoms with Gasteiger partial charge in [-0.05, 0) is 35.9 Å². The second kappa shape index (κ2) is 8.79. The quantitative estimate of drug-likeness (QED) is 0.485. The van der Waals surface area contributed by atoms with Gasteiger partial charge in [0.05, 0.1) is 17.7 Å². The minimum Gasteiger partial charge on any atom is -0.497 e. The molecular weight excluding hydrogens is 376 g/mol. The highest BCUT2D eigenvalue weighted by atomic mass is 16.6. The summed E-state index contributed by atoms with van der Waals surface area (Å²) >= 11 is 0. The molecule has 9 heteroatoms. The van der Waals surface area contributed by atoms with Gasteiger partial charge in [0.2, 0.25) is 5.91 Å².